The number of carbonyl (C=O) groups is 2. The zero-order valence-corrected chi connectivity index (χ0v) is 17.5. The lowest BCUT2D eigenvalue weighted by Crippen LogP contribution is -2.45. The van der Waals surface area contributed by atoms with Crippen LogP contribution < -0.4 is 5.32 Å². The molecule has 0 aromatic carbocycles. The Labute approximate surface area is 177 Å². The number of halogens is 3. The van der Waals surface area contributed by atoms with Gasteiger partial charge in [-0.1, -0.05) is 0 Å². The van der Waals surface area contributed by atoms with E-state index in [1.807, 2.05) is 12.1 Å². The quantitative estimate of drug-likeness (QED) is 0.656. The number of hydrogen-bond acceptors (Lipinski definition) is 6. The molecule has 3 rings (SSSR count). The molecule has 0 unspecified atom stereocenters. The number of carboxylic acids is 1. The summed E-state index contributed by atoms with van der Waals surface area (Å²) in [7, 11) is -3.20. The summed E-state index contributed by atoms with van der Waals surface area (Å²) in [5.41, 5.74) is 1.12. The molecule has 2 N–H and O–H groups in total. The fraction of sp³-hybridized carbons (Fsp3) is 0.611. The maximum atomic E-state index is 12.3. The molecule has 174 valence electrons. The molecule has 0 bridgehead atoms. The Bertz CT molecular complexity index is 866. The van der Waals surface area contributed by atoms with E-state index in [4.69, 9.17) is 14.6 Å². The van der Waals surface area contributed by atoms with Gasteiger partial charge in [-0.15, -0.1) is 0 Å². The summed E-state index contributed by atoms with van der Waals surface area (Å²) in [4.78, 5) is 25.1. The number of nitrogens with one attached hydrogen (secondary N) is 1. The molecule has 0 saturated carbocycles. The smallest absolute Gasteiger partial charge is 0.475 e. The average Bonchev–Trinajstić information content (AvgIpc) is 3.11. The van der Waals surface area contributed by atoms with E-state index in [1.54, 1.807) is 12.4 Å². The van der Waals surface area contributed by atoms with Crippen molar-refractivity contribution in [3.8, 4) is 0 Å². The van der Waals surface area contributed by atoms with Crippen molar-refractivity contribution in [2.45, 2.75) is 37.6 Å². The van der Waals surface area contributed by atoms with Gasteiger partial charge in [0.1, 0.15) is 6.10 Å². The van der Waals surface area contributed by atoms with Gasteiger partial charge in [0.2, 0.25) is 15.9 Å². The summed E-state index contributed by atoms with van der Waals surface area (Å²) < 4.78 is 62.3. The van der Waals surface area contributed by atoms with Crippen molar-refractivity contribution < 1.29 is 41.0 Å². The number of ether oxygens (including phenoxy) is 1. The highest BCUT2D eigenvalue weighted by Crippen LogP contribution is 2.34. The molecule has 9 nitrogen and oxygen atoms in total. The molecule has 0 aliphatic carbocycles. The third kappa shape index (κ3) is 7.74. The molecule has 0 radical (unpaired) electrons. The standard InChI is InChI=1S/C16H23N3O4S.C2HF3O2/c1-24(21,22)19-9-5-13-10-14(23-15(13)11-19)16(20)18-8-4-12-2-6-17-7-3-12;3-2(4,5)1(6)7/h2-3,6-7,13-15H,4-5,8-11H2,1H3,(H,18,20);(H,6,7)/t13-,14-,15+;/m0./s1. The predicted octanol–water partition coefficient (Wildman–Crippen LogP) is 0.813. The van der Waals surface area contributed by atoms with Gasteiger partial charge in [0.15, 0.2) is 0 Å². The first-order valence-corrected chi connectivity index (χ1v) is 11.3. The topological polar surface area (TPSA) is 126 Å². The molecule has 3 heterocycles. The molecule has 2 aliphatic rings. The van der Waals surface area contributed by atoms with Gasteiger partial charge in [-0.05, 0) is 42.9 Å². The Morgan fingerprint density at radius 1 is 1.32 bits per heavy atom. The maximum absolute atomic E-state index is 12.3. The van der Waals surface area contributed by atoms with E-state index >= 15 is 0 Å². The molecule has 3 atom stereocenters. The van der Waals surface area contributed by atoms with E-state index < -0.39 is 28.3 Å². The largest absolute Gasteiger partial charge is 0.490 e. The van der Waals surface area contributed by atoms with Crippen LogP contribution in [0, 0.1) is 5.92 Å². The van der Waals surface area contributed by atoms with Crippen molar-refractivity contribution in [1.29, 1.82) is 0 Å². The van der Waals surface area contributed by atoms with Gasteiger partial charge in [0.25, 0.3) is 0 Å². The van der Waals surface area contributed by atoms with Gasteiger partial charge in [-0.2, -0.15) is 17.5 Å². The number of hydrogen-bond donors (Lipinski definition) is 2. The highest BCUT2D eigenvalue weighted by atomic mass is 32.2. The van der Waals surface area contributed by atoms with E-state index in [9.17, 15) is 26.4 Å². The molecular weight excluding hydrogens is 443 g/mol. The summed E-state index contributed by atoms with van der Waals surface area (Å²) in [6.07, 6.45) is 1.11. The fourth-order valence-corrected chi connectivity index (χ4v) is 4.22. The van der Waals surface area contributed by atoms with Crippen LogP contribution in [-0.2, 0) is 30.8 Å². The zero-order valence-electron chi connectivity index (χ0n) is 16.7. The second kappa shape index (κ2) is 10.4. The second-order valence-electron chi connectivity index (χ2n) is 7.27. The first-order chi connectivity index (χ1) is 14.4. The number of nitrogens with zero attached hydrogens (tertiary/aromatic N) is 2. The molecule has 2 saturated heterocycles. The van der Waals surface area contributed by atoms with Gasteiger partial charge in [0.05, 0.1) is 12.4 Å². The Hall–Kier alpha value is -2.25. The summed E-state index contributed by atoms with van der Waals surface area (Å²) in [6.45, 7) is 1.41. The molecule has 2 aliphatic heterocycles. The van der Waals surface area contributed by atoms with E-state index in [0.29, 0.717) is 26.1 Å². The third-order valence-corrected chi connectivity index (χ3v) is 6.25. The molecule has 1 aromatic heterocycles. The first-order valence-electron chi connectivity index (χ1n) is 9.45. The average molecular weight is 467 g/mol. The number of aliphatic carboxylic acids is 1. The first kappa shape index (κ1) is 25.0. The maximum Gasteiger partial charge on any atom is 0.490 e. The van der Waals surface area contributed by atoms with Crippen LogP contribution in [0.5, 0.6) is 0 Å². The number of pyridine rings is 1. The van der Waals surface area contributed by atoms with Crippen molar-refractivity contribution in [3.63, 3.8) is 0 Å². The van der Waals surface area contributed by atoms with Crippen LogP contribution in [0.4, 0.5) is 13.2 Å². The minimum Gasteiger partial charge on any atom is -0.475 e. The van der Waals surface area contributed by atoms with Crippen LogP contribution in [-0.4, -0.2) is 79.0 Å². The highest BCUT2D eigenvalue weighted by Gasteiger charge is 2.43. The second-order valence-corrected chi connectivity index (χ2v) is 9.25. The van der Waals surface area contributed by atoms with E-state index in [2.05, 4.69) is 10.3 Å². The molecule has 13 heteroatoms. The van der Waals surface area contributed by atoms with Crippen LogP contribution >= 0.6 is 0 Å². The zero-order chi connectivity index (χ0) is 23.2. The summed E-state index contributed by atoms with van der Waals surface area (Å²) in [5, 5.41) is 10.0. The van der Waals surface area contributed by atoms with E-state index in [-0.39, 0.29) is 17.9 Å². The summed E-state index contributed by atoms with van der Waals surface area (Å²) in [5.74, 6) is -2.60. The van der Waals surface area contributed by atoms with Crippen LogP contribution in [0.25, 0.3) is 0 Å². The monoisotopic (exact) mass is 467 g/mol. The lowest BCUT2D eigenvalue weighted by atomic mass is 9.93. The van der Waals surface area contributed by atoms with Crippen molar-refractivity contribution in [3.05, 3.63) is 30.1 Å². The summed E-state index contributed by atoms with van der Waals surface area (Å²) >= 11 is 0. The van der Waals surface area contributed by atoms with Gasteiger partial charge in [0, 0.05) is 32.0 Å². The summed E-state index contributed by atoms with van der Waals surface area (Å²) in [6, 6.07) is 3.85. The predicted molar refractivity (Wildman–Crippen MR) is 102 cm³/mol. The SMILES string of the molecule is CS(=O)(=O)N1CC[C@H]2C[C@@H](C(=O)NCCc3ccncc3)O[C@@H]2C1.O=C(O)C(F)(F)F. The van der Waals surface area contributed by atoms with E-state index in [1.165, 1.54) is 10.6 Å². The molecular formula is C18H24F3N3O6S. The van der Waals surface area contributed by atoms with Crippen LogP contribution in [0.15, 0.2) is 24.5 Å². The number of sulfonamides is 1. The van der Waals surface area contributed by atoms with Crippen molar-refractivity contribution in [1.82, 2.24) is 14.6 Å². The number of piperidine rings is 1. The van der Waals surface area contributed by atoms with Crippen LogP contribution in [0.1, 0.15) is 18.4 Å². The Morgan fingerprint density at radius 2 is 1.94 bits per heavy atom. The molecule has 1 aromatic rings. The molecule has 0 spiro atoms. The van der Waals surface area contributed by atoms with Gasteiger partial charge in [-0.25, -0.2) is 13.2 Å². The number of rotatable bonds is 5. The Balaban J connectivity index is 0.000000423. The number of carbonyl (C=O) groups excluding carboxylic acids is 1. The Morgan fingerprint density at radius 3 is 2.48 bits per heavy atom. The van der Waals surface area contributed by atoms with Crippen molar-refractivity contribution in [2.24, 2.45) is 5.92 Å². The number of fused-ring (bicyclic) bond motifs is 1. The lowest BCUT2D eigenvalue weighted by Gasteiger charge is -2.32. The van der Waals surface area contributed by atoms with Gasteiger partial charge >= 0.3 is 12.1 Å². The fourth-order valence-electron chi connectivity index (χ4n) is 3.37. The normalized spacial score (nSPS) is 23.9. The van der Waals surface area contributed by atoms with Crippen molar-refractivity contribution in [2.75, 3.05) is 25.9 Å². The number of aromatic nitrogens is 1. The third-order valence-electron chi connectivity index (χ3n) is 4.98. The number of alkyl halides is 3. The van der Waals surface area contributed by atoms with Crippen LogP contribution in [0.3, 0.4) is 0 Å². The lowest BCUT2D eigenvalue weighted by molar-refractivity contribution is -0.192. The number of amides is 1. The minimum absolute atomic E-state index is 0.107. The van der Waals surface area contributed by atoms with Crippen molar-refractivity contribution >= 4 is 21.9 Å². The van der Waals surface area contributed by atoms with Gasteiger partial charge in [-0.3, -0.25) is 9.78 Å². The van der Waals surface area contributed by atoms with Crippen LogP contribution in [0.2, 0.25) is 0 Å². The Kier molecular flexibility index (Phi) is 8.37. The number of carboxylic acid groups (broad SMARTS) is 1. The molecule has 1 amide bonds. The minimum atomic E-state index is -5.08. The van der Waals surface area contributed by atoms with Gasteiger partial charge < -0.3 is 15.2 Å². The highest BCUT2D eigenvalue weighted by molar-refractivity contribution is 7.88. The molecule has 2 fully saturated rings. The van der Waals surface area contributed by atoms with E-state index in [0.717, 1.165) is 18.4 Å². The molecule has 31 heavy (non-hydrogen) atoms.